The Bertz CT molecular complexity index is 1570. The highest BCUT2D eigenvalue weighted by Gasteiger charge is 2.41. The fraction of sp³-hybridized carbons (Fsp3) is 0.200. The molecule has 35 heavy (non-hydrogen) atoms. The summed E-state index contributed by atoms with van der Waals surface area (Å²) in [6, 6.07) is 23.8. The van der Waals surface area contributed by atoms with Crippen LogP contribution in [0, 0.1) is 6.92 Å². The van der Waals surface area contributed by atoms with Gasteiger partial charge >= 0.3 is 5.97 Å². The number of hydrogen-bond acceptors (Lipinski definition) is 4. The quantitative estimate of drug-likeness (QED) is 0.274. The molecule has 2 heterocycles. The summed E-state index contributed by atoms with van der Waals surface area (Å²) >= 11 is 0. The maximum atomic E-state index is 11.7. The number of fused-ring (bicyclic) bond motifs is 3. The van der Waals surface area contributed by atoms with Crippen LogP contribution in [0.5, 0.6) is 0 Å². The number of aromatic carboxylic acids is 1. The average Bonchev–Trinajstić information content (AvgIpc) is 3.58. The minimum Gasteiger partial charge on any atom is -0.478 e. The van der Waals surface area contributed by atoms with Gasteiger partial charge in [0.2, 0.25) is 0 Å². The Hall–Kier alpha value is -4.12. The number of aromatic nitrogens is 1. The molecular formula is C30H26N2O3. The topological polar surface area (TPSA) is 75.4 Å². The van der Waals surface area contributed by atoms with Gasteiger partial charge < -0.3 is 14.8 Å². The van der Waals surface area contributed by atoms with Crippen LogP contribution >= 0.6 is 0 Å². The molecule has 5 aromatic rings. The van der Waals surface area contributed by atoms with E-state index in [9.17, 15) is 9.90 Å². The van der Waals surface area contributed by atoms with Crippen molar-refractivity contribution >= 4 is 33.7 Å². The Morgan fingerprint density at radius 2 is 1.80 bits per heavy atom. The lowest BCUT2D eigenvalue weighted by molar-refractivity contribution is 0.0698. The maximum absolute atomic E-state index is 11.7. The summed E-state index contributed by atoms with van der Waals surface area (Å²) in [6.45, 7) is 4.09. The molecule has 5 heteroatoms. The highest BCUT2D eigenvalue weighted by molar-refractivity contribution is 6.05. The van der Waals surface area contributed by atoms with Crippen LogP contribution in [-0.4, -0.2) is 16.1 Å². The molecule has 0 bridgehead atoms. The largest absolute Gasteiger partial charge is 0.478 e. The normalized spacial score (nSPS) is 18.0. The van der Waals surface area contributed by atoms with E-state index in [2.05, 4.69) is 60.8 Å². The predicted octanol–water partition coefficient (Wildman–Crippen LogP) is 7.43. The number of pyridine rings is 1. The van der Waals surface area contributed by atoms with Gasteiger partial charge in [-0.1, -0.05) is 48.5 Å². The van der Waals surface area contributed by atoms with Gasteiger partial charge in [-0.05, 0) is 67.5 Å². The minimum absolute atomic E-state index is 0.167. The van der Waals surface area contributed by atoms with E-state index in [-0.39, 0.29) is 11.6 Å². The van der Waals surface area contributed by atoms with Crippen molar-refractivity contribution in [3.05, 3.63) is 107 Å². The second-order valence-corrected chi connectivity index (χ2v) is 9.49. The fourth-order valence-corrected chi connectivity index (χ4v) is 5.28. The van der Waals surface area contributed by atoms with Gasteiger partial charge in [-0.25, -0.2) is 4.79 Å². The molecule has 6 rings (SSSR count). The van der Waals surface area contributed by atoms with Crippen molar-refractivity contribution in [1.29, 1.82) is 0 Å². The molecule has 1 fully saturated rings. The van der Waals surface area contributed by atoms with Gasteiger partial charge in [-0.2, -0.15) is 0 Å². The van der Waals surface area contributed by atoms with Crippen molar-refractivity contribution < 1.29 is 14.3 Å². The average molecular weight is 463 g/mol. The summed E-state index contributed by atoms with van der Waals surface area (Å²) in [5.74, 6) is -0.0278. The zero-order chi connectivity index (χ0) is 24.1. The van der Waals surface area contributed by atoms with E-state index in [0.717, 1.165) is 39.6 Å². The number of aryl methyl sites for hydroxylation is 1. The van der Waals surface area contributed by atoms with E-state index in [1.807, 2.05) is 19.2 Å². The zero-order valence-electron chi connectivity index (χ0n) is 19.7. The van der Waals surface area contributed by atoms with E-state index >= 15 is 0 Å². The third kappa shape index (κ3) is 3.73. The molecular weight excluding hydrogens is 436 g/mol. The molecule has 1 aliphatic carbocycles. The molecule has 3 atom stereocenters. The third-order valence-corrected chi connectivity index (χ3v) is 7.07. The van der Waals surface area contributed by atoms with E-state index in [1.165, 1.54) is 11.1 Å². The Morgan fingerprint density at radius 1 is 1.03 bits per heavy atom. The summed E-state index contributed by atoms with van der Waals surface area (Å²) in [7, 11) is 0. The smallest absolute Gasteiger partial charge is 0.337 e. The van der Waals surface area contributed by atoms with Crippen LogP contribution in [0.1, 0.15) is 63.8 Å². The van der Waals surface area contributed by atoms with E-state index in [1.54, 1.807) is 18.2 Å². The minimum atomic E-state index is -0.954. The first-order valence-corrected chi connectivity index (χ1v) is 12.0. The Kier molecular flexibility index (Phi) is 5.06. The summed E-state index contributed by atoms with van der Waals surface area (Å²) in [4.78, 5) is 16.4. The van der Waals surface area contributed by atoms with Gasteiger partial charge in [-0.15, -0.1) is 0 Å². The Morgan fingerprint density at radius 3 is 2.60 bits per heavy atom. The molecule has 5 nitrogen and oxygen atoms in total. The number of para-hydroxylation sites is 1. The van der Waals surface area contributed by atoms with Gasteiger partial charge in [0.15, 0.2) is 5.58 Å². The van der Waals surface area contributed by atoms with Crippen LogP contribution in [0.25, 0.3) is 22.1 Å². The lowest BCUT2D eigenvalue weighted by Crippen LogP contribution is -2.11. The summed E-state index contributed by atoms with van der Waals surface area (Å²) < 4.78 is 6.57. The number of nitrogens with zero attached hydrogens (tertiary/aromatic N) is 1. The van der Waals surface area contributed by atoms with Gasteiger partial charge in [0, 0.05) is 28.4 Å². The molecule has 1 saturated carbocycles. The third-order valence-electron chi connectivity index (χ3n) is 7.07. The standard InChI is InChI=1S/C30H26N2O3/c1-17-14-22(18(2)32-26-11-7-6-10-21(26)30(33)34)28-25(15-17)27-29(35-28)20(12-13-31-27)24-16-23(24)19-8-4-3-5-9-19/h3-15,18,23-24,32H,16H2,1-2H3,(H,33,34)/t18-,23?,24?/m1/s1. The number of benzene rings is 3. The van der Waals surface area contributed by atoms with Crippen molar-refractivity contribution in [2.45, 2.75) is 38.1 Å². The molecule has 0 spiro atoms. The molecule has 0 radical (unpaired) electrons. The molecule has 0 amide bonds. The number of hydrogen-bond donors (Lipinski definition) is 2. The lowest BCUT2D eigenvalue weighted by Gasteiger charge is -2.18. The van der Waals surface area contributed by atoms with Crippen LogP contribution in [0.2, 0.25) is 0 Å². The second-order valence-electron chi connectivity index (χ2n) is 9.49. The molecule has 0 aliphatic heterocycles. The van der Waals surface area contributed by atoms with Gasteiger partial charge in [-0.3, -0.25) is 4.98 Å². The van der Waals surface area contributed by atoms with Crippen LogP contribution in [0.3, 0.4) is 0 Å². The monoisotopic (exact) mass is 462 g/mol. The van der Waals surface area contributed by atoms with Gasteiger partial charge in [0.05, 0.1) is 11.6 Å². The molecule has 174 valence electrons. The molecule has 2 unspecified atom stereocenters. The lowest BCUT2D eigenvalue weighted by atomic mass is 10.0. The Labute approximate surface area is 203 Å². The first-order valence-electron chi connectivity index (χ1n) is 12.0. The fourth-order valence-electron chi connectivity index (χ4n) is 5.28. The first kappa shape index (κ1) is 21.4. The first-order chi connectivity index (χ1) is 17.0. The molecule has 0 saturated heterocycles. The number of rotatable bonds is 6. The number of carboxylic acid groups (broad SMARTS) is 1. The van der Waals surface area contributed by atoms with E-state index in [4.69, 9.17) is 9.40 Å². The molecule has 2 N–H and O–H groups in total. The zero-order valence-corrected chi connectivity index (χ0v) is 19.7. The van der Waals surface area contributed by atoms with Gasteiger partial charge in [0.1, 0.15) is 11.1 Å². The Balaban J connectivity index is 1.42. The highest BCUT2D eigenvalue weighted by Crippen LogP contribution is 2.56. The van der Waals surface area contributed by atoms with Crippen LogP contribution in [0.4, 0.5) is 5.69 Å². The number of anilines is 1. The van der Waals surface area contributed by atoms with E-state index < -0.39 is 5.97 Å². The molecule has 3 aromatic carbocycles. The predicted molar refractivity (Wildman–Crippen MR) is 138 cm³/mol. The van der Waals surface area contributed by atoms with Crippen molar-refractivity contribution in [3.8, 4) is 0 Å². The van der Waals surface area contributed by atoms with Crippen molar-refractivity contribution in [1.82, 2.24) is 4.98 Å². The van der Waals surface area contributed by atoms with Crippen LogP contribution < -0.4 is 5.32 Å². The van der Waals surface area contributed by atoms with Crippen LogP contribution in [-0.2, 0) is 0 Å². The maximum Gasteiger partial charge on any atom is 0.337 e. The number of carboxylic acids is 1. The number of furan rings is 1. The molecule has 2 aromatic heterocycles. The number of nitrogens with one attached hydrogen (secondary N) is 1. The summed E-state index contributed by atoms with van der Waals surface area (Å²) in [6.07, 6.45) is 3.00. The second kappa shape index (κ2) is 8.27. The SMILES string of the molecule is Cc1cc([C@@H](C)Nc2ccccc2C(=O)O)c2oc3c(C4CC4c4ccccc4)ccnc3c2c1. The molecule has 1 aliphatic rings. The van der Waals surface area contributed by atoms with Crippen LogP contribution in [0.15, 0.2) is 83.4 Å². The highest BCUT2D eigenvalue weighted by atomic mass is 16.4. The summed E-state index contributed by atoms with van der Waals surface area (Å²) in [5.41, 5.74) is 8.05. The van der Waals surface area contributed by atoms with Crippen molar-refractivity contribution in [3.63, 3.8) is 0 Å². The number of carbonyl (C=O) groups is 1. The van der Waals surface area contributed by atoms with Crippen molar-refractivity contribution in [2.24, 2.45) is 0 Å². The summed E-state index contributed by atoms with van der Waals surface area (Å²) in [5, 5.41) is 14.0. The van der Waals surface area contributed by atoms with Crippen molar-refractivity contribution in [2.75, 3.05) is 5.32 Å². The van der Waals surface area contributed by atoms with Gasteiger partial charge in [0.25, 0.3) is 0 Å². The van der Waals surface area contributed by atoms with E-state index in [0.29, 0.717) is 17.5 Å².